The van der Waals surface area contributed by atoms with Crippen molar-refractivity contribution in [2.75, 3.05) is 11.1 Å². The van der Waals surface area contributed by atoms with Crippen LogP contribution in [0.25, 0.3) is 10.9 Å². The Morgan fingerprint density at radius 3 is 2.52 bits per heavy atom. The van der Waals surface area contributed by atoms with E-state index in [1.54, 1.807) is 0 Å². The minimum absolute atomic E-state index is 0.0392. The molecule has 0 aliphatic carbocycles. The molecule has 0 aliphatic rings. The Kier molecular flexibility index (Phi) is 5.34. The maximum Gasteiger partial charge on any atom is 0.234 e. The number of para-hydroxylation sites is 1. The first-order chi connectivity index (χ1) is 12.0. The normalized spacial score (nSPS) is 11.0. The molecule has 1 heterocycles. The van der Waals surface area contributed by atoms with Gasteiger partial charge in [-0.3, -0.25) is 4.79 Å². The van der Waals surface area contributed by atoms with E-state index in [9.17, 15) is 4.79 Å². The standard InChI is InChI=1S/C20H21N3OS/c1-13(2)15-8-10-16(11-9-15)23-19(24)12-25-20-17-6-4-5-7-18(17)21-14(3)22-20/h4-11,13H,12H2,1-3H3,(H,23,24). The first kappa shape index (κ1) is 17.4. The van der Waals surface area contributed by atoms with E-state index < -0.39 is 0 Å². The summed E-state index contributed by atoms with van der Waals surface area (Å²) in [5.41, 5.74) is 2.98. The summed E-state index contributed by atoms with van der Waals surface area (Å²) in [5.74, 6) is 1.47. The molecule has 5 heteroatoms. The fourth-order valence-corrected chi connectivity index (χ4v) is 3.42. The minimum Gasteiger partial charge on any atom is -0.325 e. The summed E-state index contributed by atoms with van der Waals surface area (Å²) < 4.78 is 0. The van der Waals surface area contributed by atoms with Crippen LogP contribution in [0.1, 0.15) is 31.2 Å². The van der Waals surface area contributed by atoms with Crippen LogP contribution >= 0.6 is 11.8 Å². The molecule has 2 aromatic carbocycles. The number of carbonyl (C=O) groups is 1. The van der Waals surface area contributed by atoms with E-state index in [0.717, 1.165) is 21.6 Å². The van der Waals surface area contributed by atoms with Gasteiger partial charge in [0.2, 0.25) is 5.91 Å². The Bertz CT molecular complexity index is 891. The van der Waals surface area contributed by atoms with Crippen LogP contribution < -0.4 is 5.32 Å². The summed E-state index contributed by atoms with van der Waals surface area (Å²) in [7, 11) is 0. The van der Waals surface area contributed by atoms with Gasteiger partial charge < -0.3 is 5.32 Å². The number of carbonyl (C=O) groups excluding carboxylic acids is 1. The van der Waals surface area contributed by atoms with Crippen molar-refractivity contribution in [1.29, 1.82) is 0 Å². The molecule has 4 nitrogen and oxygen atoms in total. The third-order valence-electron chi connectivity index (χ3n) is 3.88. The van der Waals surface area contributed by atoms with E-state index in [-0.39, 0.29) is 5.91 Å². The van der Waals surface area contributed by atoms with Gasteiger partial charge in [-0.15, -0.1) is 0 Å². The second-order valence-corrected chi connectivity index (χ2v) is 7.17. The average Bonchev–Trinajstić information content (AvgIpc) is 2.60. The van der Waals surface area contributed by atoms with E-state index in [1.807, 2.05) is 43.3 Å². The molecule has 0 saturated carbocycles. The smallest absolute Gasteiger partial charge is 0.234 e. The zero-order valence-electron chi connectivity index (χ0n) is 14.6. The van der Waals surface area contributed by atoms with E-state index in [2.05, 4.69) is 41.3 Å². The molecule has 0 bridgehead atoms. The summed E-state index contributed by atoms with van der Waals surface area (Å²) in [5, 5.41) is 4.76. The van der Waals surface area contributed by atoms with Gasteiger partial charge in [-0.1, -0.05) is 55.9 Å². The fourth-order valence-electron chi connectivity index (χ4n) is 2.55. The van der Waals surface area contributed by atoms with Crippen LogP contribution in [0, 0.1) is 6.92 Å². The highest BCUT2D eigenvalue weighted by molar-refractivity contribution is 8.00. The number of nitrogens with one attached hydrogen (secondary N) is 1. The van der Waals surface area contributed by atoms with E-state index in [4.69, 9.17) is 0 Å². The number of fused-ring (bicyclic) bond motifs is 1. The lowest BCUT2D eigenvalue weighted by Gasteiger charge is -2.09. The molecule has 0 aliphatic heterocycles. The molecule has 0 atom stereocenters. The van der Waals surface area contributed by atoms with Crippen LogP contribution in [0.4, 0.5) is 5.69 Å². The van der Waals surface area contributed by atoms with Crippen molar-refractivity contribution in [1.82, 2.24) is 9.97 Å². The van der Waals surface area contributed by atoms with Crippen molar-refractivity contribution in [2.45, 2.75) is 31.7 Å². The van der Waals surface area contributed by atoms with Crippen LogP contribution in [0.2, 0.25) is 0 Å². The molecule has 25 heavy (non-hydrogen) atoms. The van der Waals surface area contributed by atoms with Crippen LogP contribution in [0.5, 0.6) is 0 Å². The summed E-state index contributed by atoms with van der Waals surface area (Å²) in [6.45, 7) is 6.17. The van der Waals surface area contributed by atoms with Gasteiger partial charge in [0.25, 0.3) is 0 Å². The lowest BCUT2D eigenvalue weighted by Crippen LogP contribution is -2.14. The largest absolute Gasteiger partial charge is 0.325 e. The van der Waals surface area contributed by atoms with Gasteiger partial charge in [0.1, 0.15) is 10.9 Å². The third-order valence-corrected chi connectivity index (χ3v) is 4.87. The molecule has 0 unspecified atom stereocenters. The predicted octanol–water partition coefficient (Wildman–Crippen LogP) is 4.79. The highest BCUT2D eigenvalue weighted by Gasteiger charge is 2.09. The number of anilines is 1. The topological polar surface area (TPSA) is 54.9 Å². The number of aryl methyl sites for hydroxylation is 1. The van der Waals surface area contributed by atoms with Gasteiger partial charge in [0.15, 0.2) is 0 Å². The lowest BCUT2D eigenvalue weighted by atomic mass is 10.0. The highest BCUT2D eigenvalue weighted by Crippen LogP contribution is 2.25. The molecular weight excluding hydrogens is 330 g/mol. The van der Waals surface area contributed by atoms with Crippen molar-refractivity contribution in [3.8, 4) is 0 Å². The second kappa shape index (κ2) is 7.66. The molecular formula is C20H21N3OS. The molecule has 0 fully saturated rings. The Hall–Kier alpha value is -2.40. The van der Waals surface area contributed by atoms with Gasteiger partial charge in [-0.05, 0) is 36.6 Å². The van der Waals surface area contributed by atoms with Crippen LogP contribution in [0.3, 0.4) is 0 Å². The summed E-state index contributed by atoms with van der Waals surface area (Å²) in [4.78, 5) is 21.2. The van der Waals surface area contributed by atoms with Crippen molar-refractivity contribution in [3.05, 3.63) is 59.9 Å². The zero-order valence-corrected chi connectivity index (χ0v) is 15.4. The molecule has 1 aromatic heterocycles. The number of benzene rings is 2. The van der Waals surface area contributed by atoms with Gasteiger partial charge in [0, 0.05) is 11.1 Å². The van der Waals surface area contributed by atoms with Gasteiger partial charge in [0.05, 0.1) is 11.3 Å². The monoisotopic (exact) mass is 351 g/mol. The first-order valence-corrected chi connectivity index (χ1v) is 9.27. The number of aromatic nitrogens is 2. The van der Waals surface area contributed by atoms with Crippen molar-refractivity contribution < 1.29 is 4.79 Å². The third kappa shape index (κ3) is 4.37. The SMILES string of the molecule is Cc1nc(SCC(=O)Nc2ccc(C(C)C)cc2)c2ccccc2n1. The Balaban J connectivity index is 1.66. The summed E-state index contributed by atoms with van der Waals surface area (Å²) in [6.07, 6.45) is 0. The predicted molar refractivity (Wildman–Crippen MR) is 104 cm³/mol. The van der Waals surface area contributed by atoms with Gasteiger partial charge in [-0.2, -0.15) is 0 Å². The zero-order chi connectivity index (χ0) is 17.8. The summed E-state index contributed by atoms with van der Waals surface area (Å²) in [6, 6.07) is 15.9. The van der Waals surface area contributed by atoms with Crippen LogP contribution in [0.15, 0.2) is 53.6 Å². The highest BCUT2D eigenvalue weighted by atomic mass is 32.2. The molecule has 0 saturated heterocycles. The van der Waals surface area contributed by atoms with Gasteiger partial charge in [-0.25, -0.2) is 9.97 Å². The first-order valence-electron chi connectivity index (χ1n) is 8.29. The maximum absolute atomic E-state index is 12.3. The van der Waals surface area contributed by atoms with E-state index in [1.165, 1.54) is 17.3 Å². The number of thioether (sulfide) groups is 1. The molecule has 0 spiro atoms. The molecule has 128 valence electrons. The van der Waals surface area contributed by atoms with Crippen LogP contribution in [-0.4, -0.2) is 21.6 Å². The molecule has 3 rings (SSSR count). The molecule has 0 radical (unpaired) electrons. The number of hydrogen-bond donors (Lipinski definition) is 1. The Morgan fingerprint density at radius 1 is 1.08 bits per heavy atom. The van der Waals surface area contributed by atoms with E-state index in [0.29, 0.717) is 17.5 Å². The summed E-state index contributed by atoms with van der Waals surface area (Å²) >= 11 is 1.44. The fraction of sp³-hybridized carbons (Fsp3) is 0.250. The Morgan fingerprint density at radius 2 is 1.80 bits per heavy atom. The number of nitrogens with zero attached hydrogens (tertiary/aromatic N) is 2. The number of amides is 1. The second-order valence-electron chi connectivity index (χ2n) is 6.21. The van der Waals surface area contributed by atoms with Crippen LogP contribution in [-0.2, 0) is 4.79 Å². The quantitative estimate of drug-likeness (QED) is 0.530. The van der Waals surface area contributed by atoms with E-state index >= 15 is 0 Å². The number of rotatable bonds is 5. The molecule has 3 aromatic rings. The lowest BCUT2D eigenvalue weighted by molar-refractivity contribution is -0.113. The molecule has 1 amide bonds. The van der Waals surface area contributed by atoms with Crippen molar-refractivity contribution in [3.63, 3.8) is 0 Å². The maximum atomic E-state index is 12.3. The van der Waals surface area contributed by atoms with Crippen molar-refractivity contribution in [2.24, 2.45) is 0 Å². The Labute approximate surface area is 152 Å². The average molecular weight is 351 g/mol. The minimum atomic E-state index is -0.0392. The molecule has 1 N–H and O–H groups in total. The van der Waals surface area contributed by atoms with Gasteiger partial charge >= 0.3 is 0 Å². The van der Waals surface area contributed by atoms with Crippen molar-refractivity contribution >= 4 is 34.3 Å². The number of hydrogen-bond acceptors (Lipinski definition) is 4.